The quantitative estimate of drug-likeness (QED) is 0.761. The summed E-state index contributed by atoms with van der Waals surface area (Å²) in [6.07, 6.45) is 0. The molecule has 101 valence electrons. The number of benzene rings is 3. The second kappa shape index (κ2) is 5.63. The second-order valence-electron chi connectivity index (χ2n) is 4.68. The number of aromatic carboxylic acids is 1. The van der Waals surface area contributed by atoms with E-state index in [0.717, 1.165) is 16.7 Å². The second-order valence-corrected chi connectivity index (χ2v) is 4.68. The molecule has 3 rings (SSSR count). The monoisotopic (exact) mass is 273 g/mol. The van der Waals surface area contributed by atoms with Crippen molar-refractivity contribution >= 4 is 5.97 Å². The number of carboxylic acids is 1. The molecule has 0 amide bonds. The first-order valence-corrected chi connectivity index (χ1v) is 6.66. The first-order chi connectivity index (χ1) is 10.3. The molecular weight excluding hydrogens is 260 g/mol. The fraction of sp³-hybridized carbons (Fsp3) is 0. The van der Waals surface area contributed by atoms with Gasteiger partial charge in [0.15, 0.2) is 0 Å². The van der Waals surface area contributed by atoms with Crippen LogP contribution in [-0.2, 0) is 0 Å². The summed E-state index contributed by atoms with van der Waals surface area (Å²) in [5.41, 5.74) is 3.64. The lowest BCUT2D eigenvalue weighted by molar-refractivity contribution is 0.0698. The molecule has 0 bridgehead atoms. The van der Waals surface area contributed by atoms with E-state index in [1.807, 2.05) is 60.7 Å². The van der Waals surface area contributed by atoms with E-state index in [2.05, 4.69) is 6.07 Å². The summed E-state index contributed by atoms with van der Waals surface area (Å²) >= 11 is 0. The third kappa shape index (κ3) is 2.56. The summed E-state index contributed by atoms with van der Waals surface area (Å²) in [6.45, 7) is 0. The van der Waals surface area contributed by atoms with Gasteiger partial charge in [-0.05, 0) is 28.8 Å². The van der Waals surface area contributed by atoms with Crippen molar-refractivity contribution < 1.29 is 9.90 Å². The van der Waals surface area contributed by atoms with Gasteiger partial charge in [-0.2, -0.15) is 0 Å². The van der Waals surface area contributed by atoms with Crippen LogP contribution in [0.3, 0.4) is 0 Å². The van der Waals surface area contributed by atoms with Crippen LogP contribution in [0, 0.1) is 6.07 Å². The van der Waals surface area contributed by atoms with E-state index in [9.17, 15) is 9.90 Å². The molecule has 1 N–H and O–H groups in total. The summed E-state index contributed by atoms with van der Waals surface area (Å²) < 4.78 is 0. The van der Waals surface area contributed by atoms with Crippen molar-refractivity contribution in [3.8, 4) is 22.3 Å². The van der Waals surface area contributed by atoms with Crippen LogP contribution in [0.25, 0.3) is 22.3 Å². The molecule has 0 unspecified atom stereocenters. The summed E-state index contributed by atoms with van der Waals surface area (Å²) in [5, 5.41) is 9.48. The predicted octanol–water partition coefficient (Wildman–Crippen LogP) is 4.52. The van der Waals surface area contributed by atoms with Crippen molar-refractivity contribution in [1.82, 2.24) is 0 Å². The molecule has 0 aromatic heterocycles. The van der Waals surface area contributed by atoms with Crippen molar-refractivity contribution in [2.75, 3.05) is 0 Å². The van der Waals surface area contributed by atoms with Gasteiger partial charge in [0.05, 0.1) is 5.56 Å². The minimum atomic E-state index is -0.931. The molecule has 0 saturated heterocycles. The Balaban J connectivity index is 2.31. The van der Waals surface area contributed by atoms with Gasteiger partial charge in [0, 0.05) is 5.56 Å². The highest BCUT2D eigenvalue weighted by atomic mass is 16.4. The Morgan fingerprint density at radius 2 is 1.38 bits per heavy atom. The van der Waals surface area contributed by atoms with E-state index in [1.165, 1.54) is 0 Å². The normalized spacial score (nSPS) is 10.3. The van der Waals surface area contributed by atoms with Crippen molar-refractivity contribution in [2.45, 2.75) is 0 Å². The largest absolute Gasteiger partial charge is 0.478 e. The van der Waals surface area contributed by atoms with E-state index < -0.39 is 5.97 Å². The standard InChI is InChI=1S/C19H13O2/c20-19(21)17-13-7-12-16(14-8-3-1-4-9-14)18(17)15-10-5-2-6-11-15/h1-11,13H,(H,20,21). The van der Waals surface area contributed by atoms with Gasteiger partial charge in [0.2, 0.25) is 0 Å². The lowest BCUT2D eigenvalue weighted by Crippen LogP contribution is -2.01. The van der Waals surface area contributed by atoms with E-state index in [-0.39, 0.29) is 0 Å². The summed E-state index contributed by atoms with van der Waals surface area (Å²) in [7, 11) is 0. The Morgan fingerprint density at radius 1 is 0.810 bits per heavy atom. The molecule has 3 aromatic rings. The van der Waals surface area contributed by atoms with Crippen molar-refractivity contribution in [1.29, 1.82) is 0 Å². The maximum atomic E-state index is 11.6. The molecule has 0 saturated carbocycles. The molecule has 0 aliphatic rings. The van der Waals surface area contributed by atoms with Crippen LogP contribution in [0.4, 0.5) is 0 Å². The smallest absolute Gasteiger partial charge is 0.336 e. The molecule has 0 heterocycles. The lowest BCUT2D eigenvalue weighted by Gasteiger charge is -2.13. The fourth-order valence-corrected chi connectivity index (χ4v) is 2.41. The number of rotatable bonds is 3. The zero-order chi connectivity index (χ0) is 14.7. The minimum Gasteiger partial charge on any atom is -0.478 e. The van der Waals surface area contributed by atoms with Crippen LogP contribution in [-0.4, -0.2) is 11.1 Å². The molecule has 0 spiro atoms. The van der Waals surface area contributed by atoms with Crippen molar-refractivity contribution in [3.05, 3.63) is 84.4 Å². The summed E-state index contributed by atoms with van der Waals surface area (Å²) in [6, 6.07) is 25.7. The average molecular weight is 273 g/mol. The van der Waals surface area contributed by atoms with Gasteiger partial charge in [-0.3, -0.25) is 0 Å². The molecule has 0 aliphatic carbocycles. The maximum absolute atomic E-state index is 11.6. The number of hydrogen-bond donors (Lipinski definition) is 1. The molecule has 21 heavy (non-hydrogen) atoms. The Labute approximate surface area is 123 Å². The lowest BCUT2D eigenvalue weighted by atomic mass is 9.90. The van der Waals surface area contributed by atoms with Gasteiger partial charge in [0.1, 0.15) is 0 Å². The van der Waals surface area contributed by atoms with Gasteiger partial charge < -0.3 is 5.11 Å². The van der Waals surface area contributed by atoms with Crippen LogP contribution in [0.2, 0.25) is 0 Å². The van der Waals surface area contributed by atoms with Gasteiger partial charge in [-0.25, -0.2) is 4.79 Å². The van der Waals surface area contributed by atoms with E-state index in [0.29, 0.717) is 11.1 Å². The van der Waals surface area contributed by atoms with E-state index >= 15 is 0 Å². The molecule has 3 aromatic carbocycles. The topological polar surface area (TPSA) is 37.3 Å². The van der Waals surface area contributed by atoms with Crippen LogP contribution in [0.5, 0.6) is 0 Å². The molecule has 1 radical (unpaired) electrons. The van der Waals surface area contributed by atoms with Gasteiger partial charge >= 0.3 is 5.97 Å². The van der Waals surface area contributed by atoms with Crippen molar-refractivity contribution in [2.24, 2.45) is 0 Å². The van der Waals surface area contributed by atoms with Crippen molar-refractivity contribution in [3.63, 3.8) is 0 Å². The third-order valence-corrected chi connectivity index (χ3v) is 3.35. The number of carboxylic acid groups (broad SMARTS) is 1. The predicted molar refractivity (Wildman–Crippen MR) is 83.1 cm³/mol. The maximum Gasteiger partial charge on any atom is 0.336 e. The first-order valence-electron chi connectivity index (χ1n) is 6.66. The van der Waals surface area contributed by atoms with Gasteiger partial charge in [-0.15, -0.1) is 0 Å². The zero-order valence-electron chi connectivity index (χ0n) is 11.3. The van der Waals surface area contributed by atoms with Crippen LogP contribution in [0.15, 0.2) is 72.8 Å². The minimum absolute atomic E-state index is 0.291. The van der Waals surface area contributed by atoms with Crippen LogP contribution >= 0.6 is 0 Å². The highest BCUT2D eigenvalue weighted by molar-refractivity contribution is 6.01. The summed E-state index contributed by atoms with van der Waals surface area (Å²) in [5.74, 6) is -0.931. The third-order valence-electron chi connectivity index (χ3n) is 3.35. The fourth-order valence-electron chi connectivity index (χ4n) is 2.41. The Hall–Kier alpha value is -2.87. The van der Waals surface area contributed by atoms with Crippen LogP contribution in [0.1, 0.15) is 10.4 Å². The summed E-state index contributed by atoms with van der Waals surface area (Å²) in [4.78, 5) is 11.6. The zero-order valence-corrected chi connectivity index (χ0v) is 11.3. The number of hydrogen-bond acceptors (Lipinski definition) is 1. The Kier molecular flexibility index (Phi) is 3.52. The SMILES string of the molecule is O=C(O)c1cc[c]c(-c2ccccc2)c1-c1ccccc1. The first kappa shape index (κ1) is 13.1. The molecule has 2 heteroatoms. The van der Waals surface area contributed by atoms with Gasteiger partial charge in [0.25, 0.3) is 0 Å². The molecule has 0 fully saturated rings. The van der Waals surface area contributed by atoms with Crippen LogP contribution < -0.4 is 0 Å². The van der Waals surface area contributed by atoms with Gasteiger partial charge in [-0.1, -0.05) is 66.7 Å². The molecule has 0 aliphatic heterocycles. The number of carbonyl (C=O) groups is 1. The highest BCUT2D eigenvalue weighted by Crippen LogP contribution is 2.34. The van der Waals surface area contributed by atoms with E-state index in [1.54, 1.807) is 12.1 Å². The molecule has 0 atom stereocenters. The molecular formula is C19H13O2. The van der Waals surface area contributed by atoms with E-state index in [4.69, 9.17) is 0 Å². The average Bonchev–Trinajstić information content (AvgIpc) is 2.55. The Bertz CT molecular complexity index is 762. The Morgan fingerprint density at radius 3 is 1.95 bits per heavy atom. The highest BCUT2D eigenvalue weighted by Gasteiger charge is 2.16. The molecule has 2 nitrogen and oxygen atoms in total.